The van der Waals surface area contributed by atoms with E-state index in [1.54, 1.807) is 0 Å². The number of fused-ring (bicyclic) bond motifs is 2. The molecule has 0 saturated carbocycles. The molecule has 0 bridgehead atoms. The maximum absolute atomic E-state index is 12.1. The van der Waals surface area contributed by atoms with Gasteiger partial charge in [-0.15, -0.1) is 0 Å². The van der Waals surface area contributed by atoms with E-state index in [2.05, 4.69) is 107 Å². The highest BCUT2D eigenvalue weighted by Gasteiger charge is 2.27. The Bertz CT molecular complexity index is 2210. The minimum absolute atomic E-state index is 0.196. The van der Waals surface area contributed by atoms with Gasteiger partial charge in [0.25, 0.3) is 0 Å². The third-order valence-corrected chi connectivity index (χ3v) is 11.6. The molecule has 1 atom stereocenters. The number of aromatic nitrogens is 3. The van der Waals surface area contributed by atoms with Crippen molar-refractivity contribution < 1.29 is 14.3 Å². The largest absolute Gasteiger partial charge is 0.474 e. The fourth-order valence-corrected chi connectivity index (χ4v) is 8.38. The number of ether oxygens (including phenoxy) is 1. The Morgan fingerprint density at radius 1 is 0.821 bits per heavy atom. The number of rotatable bonds is 9. The molecule has 5 aromatic rings. The van der Waals surface area contributed by atoms with E-state index in [0.717, 1.165) is 97.0 Å². The summed E-state index contributed by atoms with van der Waals surface area (Å²) >= 11 is 0. The van der Waals surface area contributed by atoms with Crippen LogP contribution in [0.4, 0.5) is 34.4 Å². The number of hydrogen-bond acceptors (Lipinski definition) is 12. The van der Waals surface area contributed by atoms with Gasteiger partial charge >= 0.3 is 0 Å². The quantitative estimate of drug-likeness (QED) is 0.135. The molecule has 0 spiro atoms. The highest BCUT2D eigenvalue weighted by molar-refractivity contribution is 6.01. The highest BCUT2D eigenvalue weighted by Crippen LogP contribution is 2.36. The van der Waals surface area contributed by atoms with Crippen molar-refractivity contribution in [3.63, 3.8) is 0 Å². The number of nitrogens with one attached hydrogen (secondary N) is 4. The average molecular weight is 753 g/mol. The lowest BCUT2D eigenvalue weighted by Gasteiger charge is -2.40. The SMILES string of the molecule is Cc1c(-c2ccc3cnc(Nc4ccc(N5CCC(CN6CCN(c7ccc(NC8CCC(=O)NC8=O)cc7)CC6)CC5)cc4)nc3c2)cnc2c1NCCO2. The summed E-state index contributed by atoms with van der Waals surface area (Å²) in [6, 6.07) is 22.8. The van der Waals surface area contributed by atoms with E-state index in [1.165, 1.54) is 24.2 Å². The van der Waals surface area contributed by atoms with E-state index in [1.807, 2.05) is 24.5 Å². The van der Waals surface area contributed by atoms with Gasteiger partial charge in [0, 0.05) is 105 Å². The second kappa shape index (κ2) is 15.7. The standard InChI is InChI=1S/C43H48N10O3/c1-28-36(26-45-42-40(28)44-16-23-56-42)30-2-3-31-25-46-43(49-38(31)24-30)48-33-6-10-34(11-7-33)52-17-14-29(15-18-52)27-51-19-21-53(22-20-51)35-8-4-32(5-9-35)47-37-12-13-39(54)50-41(37)55/h2-11,24-26,29,37,44,47H,12-23,27H2,1H3,(H,46,48,49)(H,50,54,55). The van der Waals surface area contributed by atoms with Crippen LogP contribution in [0.2, 0.25) is 0 Å². The molecule has 0 radical (unpaired) electrons. The summed E-state index contributed by atoms with van der Waals surface area (Å²) in [6.07, 6.45) is 7.03. The second-order valence-corrected chi connectivity index (χ2v) is 15.3. The molecule has 4 N–H and O–H groups in total. The maximum Gasteiger partial charge on any atom is 0.249 e. The monoisotopic (exact) mass is 752 g/mol. The van der Waals surface area contributed by atoms with Crippen LogP contribution in [-0.4, -0.2) is 96.7 Å². The Morgan fingerprint density at radius 2 is 1.55 bits per heavy atom. The van der Waals surface area contributed by atoms with Gasteiger partial charge in [-0.2, -0.15) is 0 Å². The van der Waals surface area contributed by atoms with Crippen molar-refractivity contribution in [2.75, 3.05) is 84.7 Å². The third-order valence-electron chi connectivity index (χ3n) is 11.6. The predicted octanol–water partition coefficient (Wildman–Crippen LogP) is 5.80. The molecular weight excluding hydrogens is 705 g/mol. The number of nitrogens with zero attached hydrogens (tertiary/aromatic N) is 6. The Morgan fingerprint density at radius 3 is 2.30 bits per heavy atom. The van der Waals surface area contributed by atoms with Crippen molar-refractivity contribution >= 4 is 57.1 Å². The fourth-order valence-electron chi connectivity index (χ4n) is 8.38. The van der Waals surface area contributed by atoms with Crippen LogP contribution in [0.15, 0.2) is 79.1 Å². The number of carbonyl (C=O) groups is 2. The van der Waals surface area contributed by atoms with Crippen LogP contribution in [0.25, 0.3) is 22.0 Å². The van der Waals surface area contributed by atoms with Crippen molar-refractivity contribution in [3.05, 3.63) is 84.7 Å². The lowest BCUT2D eigenvalue weighted by molar-refractivity contribution is -0.133. The second-order valence-electron chi connectivity index (χ2n) is 15.3. The lowest BCUT2D eigenvalue weighted by Crippen LogP contribution is -2.49. The Hall–Kier alpha value is -5.95. The van der Waals surface area contributed by atoms with Crippen LogP contribution in [0, 0.1) is 12.8 Å². The normalized spacial score (nSPS) is 19.2. The van der Waals surface area contributed by atoms with Crippen LogP contribution < -0.4 is 35.8 Å². The van der Waals surface area contributed by atoms with Gasteiger partial charge in [0.15, 0.2) is 0 Å². The van der Waals surface area contributed by atoms with Gasteiger partial charge in [-0.05, 0) is 97.8 Å². The van der Waals surface area contributed by atoms with Crippen LogP contribution in [0.3, 0.4) is 0 Å². The van der Waals surface area contributed by atoms with Gasteiger partial charge in [0.05, 0.1) is 5.52 Å². The first kappa shape index (κ1) is 35.7. The van der Waals surface area contributed by atoms with Gasteiger partial charge in [-0.1, -0.05) is 12.1 Å². The molecule has 2 aromatic heterocycles. The summed E-state index contributed by atoms with van der Waals surface area (Å²) in [5.41, 5.74) is 9.37. The van der Waals surface area contributed by atoms with Gasteiger partial charge in [-0.3, -0.25) is 19.8 Å². The Balaban J connectivity index is 0.739. The van der Waals surface area contributed by atoms with E-state index in [-0.39, 0.29) is 17.9 Å². The van der Waals surface area contributed by atoms with E-state index >= 15 is 0 Å². The fraction of sp³-hybridized carbons (Fsp3) is 0.372. The number of pyridine rings is 1. The zero-order valence-electron chi connectivity index (χ0n) is 31.8. The molecule has 4 aliphatic heterocycles. The molecule has 1 unspecified atom stereocenters. The number of piperidine rings is 2. The molecule has 3 fully saturated rings. The number of imide groups is 1. The molecule has 3 saturated heterocycles. The molecule has 288 valence electrons. The number of carbonyl (C=O) groups excluding carboxylic acids is 2. The first-order valence-electron chi connectivity index (χ1n) is 19.8. The Labute approximate surface area is 326 Å². The van der Waals surface area contributed by atoms with Crippen LogP contribution in [-0.2, 0) is 9.59 Å². The van der Waals surface area contributed by atoms with E-state index in [9.17, 15) is 9.59 Å². The minimum atomic E-state index is -0.367. The van der Waals surface area contributed by atoms with Crippen molar-refractivity contribution in [2.45, 2.75) is 38.6 Å². The summed E-state index contributed by atoms with van der Waals surface area (Å²) in [5, 5.41) is 13.5. The molecule has 4 aliphatic rings. The van der Waals surface area contributed by atoms with Crippen molar-refractivity contribution in [1.29, 1.82) is 0 Å². The molecule has 56 heavy (non-hydrogen) atoms. The highest BCUT2D eigenvalue weighted by atomic mass is 16.5. The third kappa shape index (κ3) is 7.76. The van der Waals surface area contributed by atoms with Crippen LogP contribution in [0.1, 0.15) is 31.2 Å². The number of hydrogen-bond donors (Lipinski definition) is 4. The zero-order chi connectivity index (χ0) is 38.0. The van der Waals surface area contributed by atoms with E-state index in [0.29, 0.717) is 37.2 Å². The summed E-state index contributed by atoms with van der Waals surface area (Å²) < 4.78 is 5.72. The van der Waals surface area contributed by atoms with Crippen LogP contribution in [0.5, 0.6) is 5.88 Å². The summed E-state index contributed by atoms with van der Waals surface area (Å²) in [6.45, 7) is 10.9. The number of piperazine rings is 1. The summed E-state index contributed by atoms with van der Waals surface area (Å²) in [7, 11) is 0. The molecule has 6 heterocycles. The molecule has 3 aromatic carbocycles. The number of benzene rings is 3. The minimum Gasteiger partial charge on any atom is -0.474 e. The van der Waals surface area contributed by atoms with Crippen molar-refractivity contribution in [1.82, 2.24) is 25.2 Å². The number of anilines is 6. The molecule has 0 aliphatic carbocycles. The molecule has 13 nitrogen and oxygen atoms in total. The van der Waals surface area contributed by atoms with Gasteiger partial charge in [0.2, 0.25) is 23.6 Å². The zero-order valence-corrected chi connectivity index (χ0v) is 31.8. The smallest absolute Gasteiger partial charge is 0.249 e. The molecule has 2 amide bonds. The molecular formula is C43H48N10O3. The van der Waals surface area contributed by atoms with Gasteiger partial charge in [-0.25, -0.2) is 15.0 Å². The summed E-state index contributed by atoms with van der Waals surface area (Å²) in [5.74, 6) is 1.49. The average Bonchev–Trinajstić information content (AvgIpc) is 3.23. The Kier molecular flexibility index (Phi) is 9.99. The van der Waals surface area contributed by atoms with Crippen molar-refractivity contribution in [3.8, 4) is 17.0 Å². The molecule has 13 heteroatoms. The topological polar surface area (TPSA) is 140 Å². The number of amides is 2. The predicted molar refractivity (Wildman–Crippen MR) is 221 cm³/mol. The first-order chi connectivity index (χ1) is 27.4. The maximum atomic E-state index is 12.1. The summed E-state index contributed by atoms with van der Waals surface area (Å²) in [4.78, 5) is 45.2. The van der Waals surface area contributed by atoms with Crippen molar-refractivity contribution in [2.24, 2.45) is 5.92 Å². The first-order valence-corrected chi connectivity index (χ1v) is 19.8. The van der Waals surface area contributed by atoms with Crippen LogP contribution >= 0.6 is 0 Å². The van der Waals surface area contributed by atoms with E-state index in [4.69, 9.17) is 9.72 Å². The molecule has 9 rings (SSSR count). The van der Waals surface area contributed by atoms with Gasteiger partial charge in [0.1, 0.15) is 18.3 Å². The van der Waals surface area contributed by atoms with E-state index < -0.39 is 0 Å². The van der Waals surface area contributed by atoms with Gasteiger partial charge < -0.3 is 30.5 Å². The lowest BCUT2D eigenvalue weighted by atomic mass is 9.95.